The van der Waals surface area contributed by atoms with Crippen molar-refractivity contribution in [2.75, 3.05) is 6.54 Å². The highest BCUT2D eigenvalue weighted by atomic mass is 16.4. The van der Waals surface area contributed by atoms with Gasteiger partial charge < -0.3 is 5.11 Å². The number of rotatable bonds is 2. The Bertz CT molecular complexity index is 500. The van der Waals surface area contributed by atoms with Crippen molar-refractivity contribution in [1.29, 1.82) is 0 Å². The molecule has 1 aromatic rings. The molecule has 1 heterocycles. The first-order valence-electron chi connectivity index (χ1n) is 7.75. The lowest BCUT2D eigenvalue weighted by molar-refractivity contribution is -0.146. The molecular weight excluding hydrogens is 250 g/mol. The second-order valence-electron chi connectivity index (χ2n) is 6.26. The van der Waals surface area contributed by atoms with Crippen LogP contribution in [0.5, 0.6) is 0 Å². The molecule has 2 aliphatic rings. The van der Waals surface area contributed by atoms with Crippen LogP contribution in [-0.2, 0) is 11.2 Å². The number of carboxylic acids is 1. The molecule has 3 heteroatoms. The van der Waals surface area contributed by atoms with Gasteiger partial charge in [0.2, 0.25) is 0 Å². The summed E-state index contributed by atoms with van der Waals surface area (Å²) >= 11 is 0. The maximum absolute atomic E-state index is 11.8. The molecule has 0 amide bonds. The van der Waals surface area contributed by atoms with E-state index in [-0.39, 0.29) is 0 Å². The van der Waals surface area contributed by atoms with Gasteiger partial charge in [-0.25, -0.2) is 0 Å². The average Bonchev–Trinajstić information content (AvgIpc) is 2.46. The summed E-state index contributed by atoms with van der Waals surface area (Å²) in [5, 5.41) is 9.73. The molecule has 0 bridgehead atoms. The zero-order chi connectivity index (χ0) is 14.1. The fourth-order valence-electron chi connectivity index (χ4n) is 4.01. The van der Waals surface area contributed by atoms with Gasteiger partial charge in [-0.2, -0.15) is 0 Å². The predicted molar refractivity (Wildman–Crippen MR) is 78.6 cm³/mol. The van der Waals surface area contributed by atoms with Crippen LogP contribution in [0.2, 0.25) is 0 Å². The fourth-order valence-corrected chi connectivity index (χ4v) is 4.01. The molecule has 0 radical (unpaired) electrons. The van der Waals surface area contributed by atoms with Gasteiger partial charge in [-0.05, 0) is 36.3 Å². The largest absolute Gasteiger partial charge is 0.480 e. The third-order valence-electron chi connectivity index (χ3n) is 5.05. The van der Waals surface area contributed by atoms with Crippen LogP contribution in [0.4, 0.5) is 0 Å². The number of benzene rings is 1. The van der Waals surface area contributed by atoms with Gasteiger partial charge in [0.25, 0.3) is 0 Å². The van der Waals surface area contributed by atoms with Crippen LogP contribution in [0.3, 0.4) is 0 Å². The molecule has 3 nitrogen and oxygen atoms in total. The van der Waals surface area contributed by atoms with Crippen LogP contribution < -0.4 is 0 Å². The highest BCUT2D eigenvalue weighted by Crippen LogP contribution is 2.37. The van der Waals surface area contributed by atoms with Crippen LogP contribution in [0, 0.1) is 5.92 Å². The summed E-state index contributed by atoms with van der Waals surface area (Å²) < 4.78 is 0. The van der Waals surface area contributed by atoms with E-state index in [1.54, 1.807) is 0 Å². The van der Waals surface area contributed by atoms with Gasteiger partial charge >= 0.3 is 5.97 Å². The smallest absolute Gasteiger partial charge is 0.325 e. The Hall–Kier alpha value is -1.35. The van der Waals surface area contributed by atoms with E-state index in [1.807, 2.05) is 18.2 Å². The van der Waals surface area contributed by atoms with E-state index in [2.05, 4.69) is 17.9 Å². The van der Waals surface area contributed by atoms with Crippen molar-refractivity contribution in [2.24, 2.45) is 5.92 Å². The van der Waals surface area contributed by atoms with Gasteiger partial charge in [-0.3, -0.25) is 9.69 Å². The maximum Gasteiger partial charge on any atom is 0.325 e. The summed E-state index contributed by atoms with van der Waals surface area (Å²) in [6, 6.07) is 8.02. The minimum absolute atomic E-state index is 0.429. The molecule has 1 saturated carbocycles. The lowest BCUT2D eigenvalue weighted by atomic mass is 9.81. The van der Waals surface area contributed by atoms with E-state index in [0.29, 0.717) is 12.0 Å². The summed E-state index contributed by atoms with van der Waals surface area (Å²) in [5.41, 5.74) is 2.21. The molecule has 1 N–H and O–H groups in total. The lowest BCUT2D eigenvalue weighted by Crippen LogP contribution is -2.49. The van der Waals surface area contributed by atoms with Crippen molar-refractivity contribution in [1.82, 2.24) is 4.90 Å². The normalized spacial score (nSPS) is 30.8. The Balaban J connectivity index is 1.94. The molecule has 1 aliphatic heterocycles. The van der Waals surface area contributed by atoms with Gasteiger partial charge in [-0.1, -0.05) is 44.0 Å². The van der Waals surface area contributed by atoms with Gasteiger partial charge in [0, 0.05) is 12.6 Å². The van der Waals surface area contributed by atoms with E-state index < -0.39 is 12.0 Å². The van der Waals surface area contributed by atoms with E-state index in [0.717, 1.165) is 24.9 Å². The number of carboxylic acid groups (broad SMARTS) is 1. The van der Waals surface area contributed by atoms with Crippen molar-refractivity contribution in [3.63, 3.8) is 0 Å². The first-order valence-corrected chi connectivity index (χ1v) is 7.75. The Morgan fingerprint density at radius 1 is 1.25 bits per heavy atom. The van der Waals surface area contributed by atoms with Gasteiger partial charge in [0.1, 0.15) is 6.04 Å². The number of hydrogen-bond acceptors (Lipinski definition) is 2. The first-order chi connectivity index (χ1) is 9.68. The monoisotopic (exact) mass is 273 g/mol. The van der Waals surface area contributed by atoms with Crippen LogP contribution in [-0.4, -0.2) is 28.6 Å². The topological polar surface area (TPSA) is 40.5 Å². The SMILES string of the molecule is CC1CCCCC1N1CCc2ccccc2C1C(=O)O. The molecule has 20 heavy (non-hydrogen) atoms. The maximum atomic E-state index is 11.8. The number of carbonyl (C=O) groups is 1. The molecule has 108 valence electrons. The van der Waals surface area contributed by atoms with E-state index >= 15 is 0 Å². The lowest BCUT2D eigenvalue weighted by Gasteiger charge is -2.44. The van der Waals surface area contributed by atoms with Crippen molar-refractivity contribution in [2.45, 2.75) is 51.1 Å². The van der Waals surface area contributed by atoms with Crippen LogP contribution in [0.15, 0.2) is 24.3 Å². The number of aliphatic carboxylic acids is 1. The molecule has 3 rings (SSSR count). The second kappa shape index (κ2) is 5.57. The summed E-state index contributed by atoms with van der Waals surface area (Å²) in [7, 11) is 0. The zero-order valence-electron chi connectivity index (χ0n) is 12.1. The van der Waals surface area contributed by atoms with Crippen molar-refractivity contribution in [3.8, 4) is 0 Å². The Kier molecular flexibility index (Phi) is 3.79. The van der Waals surface area contributed by atoms with E-state index in [1.165, 1.54) is 24.8 Å². The van der Waals surface area contributed by atoms with Crippen molar-refractivity contribution < 1.29 is 9.90 Å². The quantitative estimate of drug-likeness (QED) is 0.899. The number of fused-ring (bicyclic) bond motifs is 1. The second-order valence-corrected chi connectivity index (χ2v) is 6.26. The molecule has 1 fully saturated rings. The summed E-state index contributed by atoms with van der Waals surface area (Å²) in [6.45, 7) is 3.16. The zero-order valence-corrected chi connectivity index (χ0v) is 12.1. The van der Waals surface area contributed by atoms with Gasteiger partial charge in [0.05, 0.1) is 0 Å². The molecule has 3 unspecified atom stereocenters. The molecular formula is C17H23NO2. The molecule has 0 spiro atoms. The van der Waals surface area contributed by atoms with Crippen LogP contribution in [0.1, 0.15) is 49.8 Å². The Morgan fingerprint density at radius 2 is 2.00 bits per heavy atom. The first kappa shape index (κ1) is 13.6. The molecule has 0 saturated heterocycles. The standard InChI is InChI=1S/C17H23NO2/c1-12-6-2-5-9-15(12)18-11-10-13-7-3-4-8-14(13)16(18)17(19)20/h3-4,7-8,12,15-16H,2,5-6,9-11H2,1H3,(H,19,20). The van der Waals surface area contributed by atoms with E-state index in [4.69, 9.17) is 0 Å². The Morgan fingerprint density at radius 3 is 2.75 bits per heavy atom. The fraction of sp³-hybridized carbons (Fsp3) is 0.588. The van der Waals surface area contributed by atoms with Crippen molar-refractivity contribution >= 4 is 5.97 Å². The molecule has 3 atom stereocenters. The highest BCUT2D eigenvalue weighted by molar-refractivity contribution is 5.76. The predicted octanol–water partition coefficient (Wildman–Crippen LogP) is 3.25. The number of hydrogen-bond donors (Lipinski definition) is 1. The van der Waals surface area contributed by atoms with Gasteiger partial charge in [-0.15, -0.1) is 0 Å². The molecule has 1 aliphatic carbocycles. The molecule has 1 aromatic carbocycles. The summed E-state index contributed by atoms with van der Waals surface area (Å²) in [5.74, 6) is -0.0919. The highest BCUT2D eigenvalue weighted by Gasteiger charge is 2.39. The van der Waals surface area contributed by atoms with Crippen LogP contribution in [0.25, 0.3) is 0 Å². The minimum atomic E-state index is -0.699. The number of nitrogens with zero attached hydrogens (tertiary/aromatic N) is 1. The van der Waals surface area contributed by atoms with Crippen molar-refractivity contribution in [3.05, 3.63) is 35.4 Å². The summed E-state index contributed by atoms with van der Waals surface area (Å²) in [6.07, 6.45) is 5.88. The van der Waals surface area contributed by atoms with Crippen LogP contribution >= 0.6 is 0 Å². The summed E-state index contributed by atoms with van der Waals surface area (Å²) in [4.78, 5) is 14.1. The average molecular weight is 273 g/mol. The molecule has 0 aromatic heterocycles. The third kappa shape index (κ3) is 2.35. The Labute approximate surface area is 120 Å². The van der Waals surface area contributed by atoms with Gasteiger partial charge in [0.15, 0.2) is 0 Å². The van der Waals surface area contributed by atoms with E-state index in [9.17, 15) is 9.90 Å². The minimum Gasteiger partial charge on any atom is -0.480 e. The third-order valence-corrected chi connectivity index (χ3v) is 5.05.